The molecular weight excluding hydrogens is 247 g/mol. The summed E-state index contributed by atoms with van der Waals surface area (Å²) in [5.41, 5.74) is 0. The first kappa shape index (κ1) is 7.35. The molecule has 0 nitrogen and oxygen atoms in total. The first-order chi connectivity index (χ1) is 5.38. The van der Waals surface area contributed by atoms with E-state index in [1.54, 1.807) is 0 Å². The molecule has 0 aromatic rings. The number of hydrogen-bond acceptors (Lipinski definition) is 0. The molecule has 0 spiro atoms. The summed E-state index contributed by atoms with van der Waals surface area (Å²) >= 11 is 2.42. The first-order valence-corrected chi connectivity index (χ1v) is 4.85. The first-order valence-electron chi connectivity index (χ1n) is 3.77. The molecule has 1 heteroatoms. The van der Waals surface area contributed by atoms with Gasteiger partial charge in [-0.2, -0.15) is 0 Å². The maximum Gasteiger partial charge on any atom is 0.0177 e. The molecular formula is C10H9I. The van der Waals surface area contributed by atoms with E-state index in [-0.39, 0.29) is 0 Å². The van der Waals surface area contributed by atoms with E-state index < -0.39 is 0 Å². The van der Waals surface area contributed by atoms with E-state index in [1.165, 1.54) is 3.58 Å². The van der Waals surface area contributed by atoms with Crippen molar-refractivity contribution in [2.45, 2.75) is 0 Å². The lowest BCUT2D eigenvalue weighted by Crippen LogP contribution is -2.12. The minimum absolute atomic E-state index is 0.608. The van der Waals surface area contributed by atoms with Crippen LogP contribution in [0.4, 0.5) is 0 Å². The summed E-state index contributed by atoms with van der Waals surface area (Å²) in [6.07, 6.45) is 15.4. The van der Waals surface area contributed by atoms with Crippen molar-refractivity contribution in [1.29, 1.82) is 0 Å². The van der Waals surface area contributed by atoms with Crippen LogP contribution in [0.1, 0.15) is 0 Å². The zero-order chi connectivity index (χ0) is 7.68. The summed E-state index contributed by atoms with van der Waals surface area (Å²) in [5.74, 6) is 1.22. The van der Waals surface area contributed by atoms with Gasteiger partial charge >= 0.3 is 0 Å². The molecule has 2 rings (SSSR count). The third-order valence-electron chi connectivity index (χ3n) is 2.08. The molecule has 0 bridgehead atoms. The molecule has 0 radical (unpaired) electrons. The van der Waals surface area contributed by atoms with Crippen molar-refractivity contribution in [3.05, 3.63) is 46.1 Å². The number of fused-ring (bicyclic) bond motifs is 1. The fourth-order valence-electron chi connectivity index (χ4n) is 1.47. The quantitative estimate of drug-likeness (QED) is 0.584. The van der Waals surface area contributed by atoms with Gasteiger partial charge < -0.3 is 0 Å². The second-order valence-electron chi connectivity index (χ2n) is 2.81. The van der Waals surface area contributed by atoms with Crippen LogP contribution in [0.25, 0.3) is 0 Å². The molecule has 2 aliphatic rings. The van der Waals surface area contributed by atoms with Crippen molar-refractivity contribution < 1.29 is 0 Å². The summed E-state index contributed by atoms with van der Waals surface area (Å²) in [4.78, 5) is 0. The fourth-order valence-corrected chi connectivity index (χ4v) is 2.30. The smallest absolute Gasteiger partial charge is 0.0177 e. The topological polar surface area (TPSA) is 0 Å². The molecule has 0 fully saturated rings. The molecule has 0 aromatic heterocycles. The number of hydrogen-bond donors (Lipinski definition) is 0. The number of allylic oxidation sites excluding steroid dienone is 8. The Hall–Kier alpha value is -0.310. The molecule has 11 heavy (non-hydrogen) atoms. The third-order valence-corrected chi connectivity index (χ3v) is 3.16. The van der Waals surface area contributed by atoms with Crippen LogP contribution < -0.4 is 0 Å². The summed E-state index contributed by atoms with van der Waals surface area (Å²) < 4.78 is 1.44. The fraction of sp³-hybridized carbons (Fsp3) is 0.200. The van der Waals surface area contributed by atoms with Crippen molar-refractivity contribution in [2.75, 3.05) is 0 Å². The predicted octanol–water partition coefficient (Wildman–Crippen LogP) is 3.23. The van der Waals surface area contributed by atoms with Gasteiger partial charge in [0.05, 0.1) is 0 Å². The van der Waals surface area contributed by atoms with Crippen LogP contribution in [0.3, 0.4) is 0 Å². The molecule has 0 N–H and O–H groups in total. The molecule has 0 aromatic carbocycles. The van der Waals surface area contributed by atoms with Crippen LogP contribution in [0.5, 0.6) is 0 Å². The third kappa shape index (κ3) is 1.34. The highest BCUT2D eigenvalue weighted by Crippen LogP contribution is 2.34. The van der Waals surface area contributed by atoms with Crippen LogP contribution in [0, 0.1) is 11.8 Å². The molecule has 0 aliphatic heterocycles. The lowest BCUT2D eigenvalue weighted by Gasteiger charge is -2.23. The zero-order valence-electron chi connectivity index (χ0n) is 6.07. The molecule has 0 amide bonds. The Morgan fingerprint density at radius 2 is 1.73 bits per heavy atom. The highest BCUT2D eigenvalue weighted by molar-refractivity contribution is 14.1. The van der Waals surface area contributed by atoms with Crippen molar-refractivity contribution >= 4 is 22.6 Å². The average molecular weight is 256 g/mol. The molecule has 0 heterocycles. The monoisotopic (exact) mass is 256 g/mol. The highest BCUT2D eigenvalue weighted by Gasteiger charge is 2.20. The molecule has 2 atom stereocenters. The van der Waals surface area contributed by atoms with Crippen LogP contribution in [-0.2, 0) is 0 Å². The minimum Gasteiger partial charge on any atom is -0.0767 e. The molecule has 0 saturated carbocycles. The van der Waals surface area contributed by atoms with Crippen molar-refractivity contribution in [3.8, 4) is 0 Å². The molecule has 0 saturated heterocycles. The molecule has 2 unspecified atom stereocenters. The normalized spacial score (nSPS) is 33.4. The number of rotatable bonds is 0. The maximum absolute atomic E-state index is 2.42. The summed E-state index contributed by atoms with van der Waals surface area (Å²) in [7, 11) is 0. The van der Waals surface area contributed by atoms with Gasteiger partial charge in [0.15, 0.2) is 0 Å². The van der Waals surface area contributed by atoms with Crippen molar-refractivity contribution in [2.24, 2.45) is 11.8 Å². The van der Waals surface area contributed by atoms with Crippen LogP contribution in [0.2, 0.25) is 0 Å². The Labute approximate surface area is 80.5 Å². The maximum atomic E-state index is 2.42. The lowest BCUT2D eigenvalue weighted by molar-refractivity contribution is 0.656. The van der Waals surface area contributed by atoms with Crippen molar-refractivity contribution in [3.63, 3.8) is 0 Å². The van der Waals surface area contributed by atoms with Gasteiger partial charge in [-0.05, 0) is 26.2 Å². The van der Waals surface area contributed by atoms with E-state index >= 15 is 0 Å². The minimum atomic E-state index is 0.608. The van der Waals surface area contributed by atoms with Gasteiger partial charge in [0, 0.05) is 11.8 Å². The van der Waals surface area contributed by atoms with Gasteiger partial charge in [0.1, 0.15) is 0 Å². The van der Waals surface area contributed by atoms with Gasteiger partial charge in [-0.15, -0.1) is 0 Å². The Kier molecular flexibility index (Phi) is 1.98. The second kappa shape index (κ2) is 2.97. The van der Waals surface area contributed by atoms with Crippen LogP contribution in [0.15, 0.2) is 46.1 Å². The molecule has 2 aliphatic carbocycles. The Balaban J connectivity index is 2.33. The lowest BCUT2D eigenvalue weighted by atomic mass is 9.85. The average Bonchev–Trinajstić information content (AvgIpc) is 2.06. The Bertz CT molecular complexity index is 269. The van der Waals surface area contributed by atoms with Crippen LogP contribution in [-0.4, -0.2) is 0 Å². The second-order valence-corrected chi connectivity index (χ2v) is 4.06. The summed E-state index contributed by atoms with van der Waals surface area (Å²) in [6, 6.07) is 0. The van der Waals surface area contributed by atoms with E-state index in [1.807, 2.05) is 0 Å². The van der Waals surface area contributed by atoms with E-state index in [4.69, 9.17) is 0 Å². The van der Waals surface area contributed by atoms with Gasteiger partial charge in [0.25, 0.3) is 0 Å². The largest absolute Gasteiger partial charge is 0.0767 e. The Morgan fingerprint density at radius 1 is 1.00 bits per heavy atom. The molecule has 56 valence electrons. The van der Waals surface area contributed by atoms with Gasteiger partial charge in [-0.3, -0.25) is 0 Å². The number of halogens is 1. The predicted molar refractivity (Wildman–Crippen MR) is 56.5 cm³/mol. The van der Waals surface area contributed by atoms with Crippen molar-refractivity contribution in [1.82, 2.24) is 0 Å². The summed E-state index contributed by atoms with van der Waals surface area (Å²) in [5, 5.41) is 0. The SMILES string of the molecule is IC1=CC=CC2C=CC=CC12. The highest BCUT2D eigenvalue weighted by atomic mass is 127. The van der Waals surface area contributed by atoms with E-state index in [2.05, 4.69) is 65.1 Å². The zero-order valence-corrected chi connectivity index (χ0v) is 8.23. The van der Waals surface area contributed by atoms with Crippen LogP contribution >= 0.6 is 22.6 Å². The van der Waals surface area contributed by atoms with E-state index in [0.29, 0.717) is 11.8 Å². The van der Waals surface area contributed by atoms with E-state index in [9.17, 15) is 0 Å². The van der Waals surface area contributed by atoms with Gasteiger partial charge in [0.2, 0.25) is 0 Å². The Morgan fingerprint density at radius 3 is 2.55 bits per heavy atom. The standard InChI is InChI=1S/C10H9I/c11-10-7-3-5-8-4-1-2-6-9(8)10/h1-9H. The van der Waals surface area contributed by atoms with Gasteiger partial charge in [-0.1, -0.05) is 42.5 Å². The van der Waals surface area contributed by atoms with E-state index in [0.717, 1.165) is 0 Å². The van der Waals surface area contributed by atoms with Gasteiger partial charge in [-0.25, -0.2) is 0 Å². The summed E-state index contributed by atoms with van der Waals surface area (Å²) in [6.45, 7) is 0.